The van der Waals surface area contributed by atoms with Gasteiger partial charge in [-0.1, -0.05) is 11.6 Å². The Labute approximate surface area is 141 Å². The first kappa shape index (κ1) is 19.7. The van der Waals surface area contributed by atoms with Gasteiger partial charge in [0.25, 0.3) is 0 Å². The van der Waals surface area contributed by atoms with E-state index in [1.165, 1.54) is 32.3 Å². The topological polar surface area (TPSA) is 76.1 Å². The van der Waals surface area contributed by atoms with Crippen LogP contribution in [0.4, 0.5) is 0 Å². The van der Waals surface area contributed by atoms with Crippen LogP contribution in [-0.4, -0.2) is 71.5 Å². The van der Waals surface area contributed by atoms with Crippen LogP contribution in [0.1, 0.15) is 0 Å². The molecule has 1 rings (SSSR count). The van der Waals surface area contributed by atoms with E-state index in [0.717, 1.165) is 4.31 Å². The molecule has 0 aliphatic heterocycles. The minimum atomic E-state index is -3.63. The zero-order valence-electron chi connectivity index (χ0n) is 13.6. The molecule has 0 aliphatic rings. The van der Waals surface area contributed by atoms with Crippen LogP contribution in [0.3, 0.4) is 0 Å². The van der Waals surface area contributed by atoms with Crippen molar-refractivity contribution < 1.29 is 22.7 Å². The first-order valence-corrected chi connectivity index (χ1v) is 8.61. The number of benzene rings is 1. The monoisotopic (exact) mass is 364 g/mol. The summed E-state index contributed by atoms with van der Waals surface area (Å²) in [5, 5.41) is 0.0252. The molecule has 0 fully saturated rings. The van der Waals surface area contributed by atoms with E-state index in [0.29, 0.717) is 6.54 Å². The van der Waals surface area contributed by atoms with E-state index in [4.69, 9.17) is 21.1 Å². The zero-order chi connectivity index (χ0) is 17.6. The van der Waals surface area contributed by atoms with Crippen molar-refractivity contribution in [2.75, 3.05) is 47.9 Å². The Kier molecular flexibility index (Phi) is 7.27. The van der Waals surface area contributed by atoms with Gasteiger partial charge < -0.3 is 14.4 Å². The predicted molar refractivity (Wildman–Crippen MR) is 87.3 cm³/mol. The van der Waals surface area contributed by atoms with Crippen LogP contribution in [0.25, 0.3) is 0 Å². The number of hydrogen-bond donors (Lipinski definition) is 0. The van der Waals surface area contributed by atoms with Gasteiger partial charge in [0.2, 0.25) is 10.0 Å². The van der Waals surface area contributed by atoms with Crippen LogP contribution in [0.2, 0.25) is 5.02 Å². The quantitative estimate of drug-likeness (QED) is 0.642. The molecule has 0 saturated carbocycles. The highest BCUT2D eigenvalue weighted by atomic mass is 35.5. The third-order valence-electron chi connectivity index (χ3n) is 2.82. The summed E-state index contributed by atoms with van der Waals surface area (Å²) >= 11 is 5.98. The second-order valence-electron chi connectivity index (χ2n) is 5.19. The minimum absolute atomic E-state index is 0.0231. The Morgan fingerprint density at radius 2 is 1.87 bits per heavy atom. The molecule has 0 bridgehead atoms. The smallest absolute Gasteiger partial charge is 0.344 e. The molecular weight excluding hydrogens is 344 g/mol. The van der Waals surface area contributed by atoms with Gasteiger partial charge in [-0.3, -0.25) is 0 Å². The normalized spacial score (nSPS) is 11.8. The Morgan fingerprint density at radius 1 is 1.22 bits per heavy atom. The van der Waals surface area contributed by atoms with Gasteiger partial charge in [-0.15, -0.1) is 0 Å². The lowest BCUT2D eigenvalue weighted by molar-refractivity contribution is -0.146. The summed E-state index contributed by atoms with van der Waals surface area (Å²) in [6.45, 7) is 0.619. The Bertz CT molecular complexity index is 647. The highest BCUT2D eigenvalue weighted by molar-refractivity contribution is 7.89. The van der Waals surface area contributed by atoms with E-state index in [2.05, 4.69) is 0 Å². The third-order valence-corrected chi connectivity index (χ3v) is 5.12. The molecule has 0 atom stereocenters. The molecule has 23 heavy (non-hydrogen) atoms. The van der Waals surface area contributed by atoms with Crippen molar-refractivity contribution in [3.8, 4) is 5.75 Å². The van der Waals surface area contributed by atoms with Gasteiger partial charge in [0.1, 0.15) is 17.3 Å². The maximum absolute atomic E-state index is 12.0. The standard InChI is InChI=1S/C14H21ClN2O5S/c1-16(2)7-8-21-14(18)10-22-11-5-6-13(12(15)9-11)23(19,20)17(3)4/h5-6,9H,7-8,10H2,1-4H3. The molecule has 7 nitrogen and oxygen atoms in total. The van der Waals surface area contributed by atoms with Crippen LogP contribution in [0, 0.1) is 0 Å². The van der Waals surface area contributed by atoms with Crippen LogP contribution in [0.15, 0.2) is 23.1 Å². The van der Waals surface area contributed by atoms with Gasteiger partial charge in [-0.05, 0) is 26.2 Å². The van der Waals surface area contributed by atoms with Crippen LogP contribution < -0.4 is 4.74 Å². The Balaban J connectivity index is 2.64. The molecular formula is C14H21ClN2O5S. The highest BCUT2D eigenvalue weighted by Crippen LogP contribution is 2.27. The van der Waals surface area contributed by atoms with E-state index in [1.807, 2.05) is 19.0 Å². The average Bonchev–Trinajstić information content (AvgIpc) is 2.44. The Hall–Kier alpha value is -1.35. The number of ether oxygens (including phenoxy) is 2. The zero-order valence-corrected chi connectivity index (χ0v) is 15.1. The van der Waals surface area contributed by atoms with Gasteiger partial charge in [-0.25, -0.2) is 17.5 Å². The first-order chi connectivity index (χ1) is 10.6. The molecule has 0 radical (unpaired) electrons. The van der Waals surface area contributed by atoms with Gasteiger partial charge in [0.05, 0.1) is 5.02 Å². The summed E-state index contributed by atoms with van der Waals surface area (Å²) < 4.78 is 35.3. The number of hydrogen-bond acceptors (Lipinski definition) is 6. The van der Waals surface area contributed by atoms with E-state index < -0.39 is 16.0 Å². The van der Waals surface area contributed by atoms with Gasteiger partial charge in [0.15, 0.2) is 6.61 Å². The molecule has 0 heterocycles. The Morgan fingerprint density at radius 3 is 2.39 bits per heavy atom. The summed E-state index contributed by atoms with van der Waals surface area (Å²) in [4.78, 5) is 13.4. The molecule has 0 aliphatic carbocycles. The molecule has 0 spiro atoms. The molecule has 1 aromatic carbocycles. The fraction of sp³-hybridized carbons (Fsp3) is 0.500. The number of sulfonamides is 1. The molecule has 0 aromatic heterocycles. The van der Waals surface area contributed by atoms with Crippen molar-refractivity contribution in [3.63, 3.8) is 0 Å². The van der Waals surface area contributed by atoms with E-state index >= 15 is 0 Å². The van der Waals surface area contributed by atoms with Crippen molar-refractivity contribution in [1.82, 2.24) is 9.21 Å². The molecule has 0 amide bonds. The summed E-state index contributed by atoms with van der Waals surface area (Å²) in [6, 6.07) is 4.13. The second kappa shape index (κ2) is 8.49. The lowest BCUT2D eigenvalue weighted by Crippen LogP contribution is -2.23. The second-order valence-corrected chi connectivity index (χ2v) is 7.72. The van der Waals surface area contributed by atoms with Gasteiger partial charge in [0, 0.05) is 26.7 Å². The first-order valence-electron chi connectivity index (χ1n) is 6.80. The fourth-order valence-corrected chi connectivity index (χ4v) is 2.91. The SMILES string of the molecule is CN(C)CCOC(=O)COc1ccc(S(=O)(=O)N(C)C)c(Cl)c1. The predicted octanol–water partition coefficient (Wildman–Crippen LogP) is 1.07. The summed E-state index contributed by atoms with van der Waals surface area (Å²) in [5.41, 5.74) is 0. The number of rotatable bonds is 8. The number of carbonyl (C=O) groups excluding carboxylic acids is 1. The lowest BCUT2D eigenvalue weighted by Gasteiger charge is -2.14. The van der Waals surface area contributed by atoms with Gasteiger partial charge in [-0.2, -0.15) is 0 Å². The lowest BCUT2D eigenvalue weighted by atomic mass is 10.3. The maximum atomic E-state index is 12.0. The van der Waals surface area contributed by atoms with Crippen molar-refractivity contribution in [3.05, 3.63) is 23.2 Å². The van der Waals surface area contributed by atoms with E-state index in [9.17, 15) is 13.2 Å². The molecule has 0 saturated heterocycles. The van der Waals surface area contributed by atoms with Crippen LogP contribution in [-0.2, 0) is 19.6 Å². The number of esters is 1. The van der Waals surface area contributed by atoms with E-state index in [1.54, 1.807) is 0 Å². The number of likely N-dealkylation sites (N-methyl/N-ethyl adjacent to an activating group) is 1. The molecule has 0 unspecified atom stereocenters. The van der Waals surface area contributed by atoms with E-state index in [-0.39, 0.29) is 28.9 Å². The van der Waals surface area contributed by atoms with Gasteiger partial charge >= 0.3 is 5.97 Å². The van der Waals surface area contributed by atoms with Crippen LogP contribution >= 0.6 is 11.6 Å². The third kappa shape index (κ3) is 5.98. The molecule has 0 N–H and O–H groups in total. The minimum Gasteiger partial charge on any atom is -0.482 e. The van der Waals surface area contributed by atoms with Crippen molar-refractivity contribution in [2.45, 2.75) is 4.90 Å². The van der Waals surface area contributed by atoms with Crippen molar-refractivity contribution in [2.24, 2.45) is 0 Å². The maximum Gasteiger partial charge on any atom is 0.344 e. The number of nitrogens with zero attached hydrogens (tertiary/aromatic N) is 2. The number of halogens is 1. The summed E-state index contributed by atoms with van der Waals surface area (Å²) in [6.07, 6.45) is 0. The fourth-order valence-electron chi connectivity index (χ4n) is 1.50. The van der Waals surface area contributed by atoms with Crippen LogP contribution in [0.5, 0.6) is 5.75 Å². The molecule has 9 heteroatoms. The largest absolute Gasteiger partial charge is 0.482 e. The van der Waals surface area contributed by atoms with Crippen molar-refractivity contribution in [1.29, 1.82) is 0 Å². The number of carbonyl (C=O) groups is 1. The summed E-state index contributed by atoms with van der Waals surface area (Å²) in [5.74, 6) is -0.217. The molecule has 130 valence electrons. The molecule has 1 aromatic rings. The van der Waals surface area contributed by atoms with Crippen molar-refractivity contribution >= 4 is 27.6 Å². The summed E-state index contributed by atoms with van der Waals surface area (Å²) in [7, 11) is 2.95. The highest BCUT2D eigenvalue weighted by Gasteiger charge is 2.21. The average molecular weight is 365 g/mol.